The highest BCUT2D eigenvalue weighted by atomic mass is 16.5. The molecule has 2 atom stereocenters. The minimum absolute atomic E-state index is 0.274. The number of hydroxylamine groups is 2. The second-order valence-electron chi connectivity index (χ2n) is 4.70. The van der Waals surface area contributed by atoms with Gasteiger partial charge in [-0.25, -0.2) is 0 Å². The number of Topliss-reactive ketones (excluding diaryl/α,β-unsaturated/α-hetero) is 1. The number of fused-ring (bicyclic) bond motifs is 2. The summed E-state index contributed by atoms with van der Waals surface area (Å²) in [5.41, 5.74) is -0.547. The molecule has 0 amide bonds. The Hall–Kier alpha value is -0.410. The average molecular weight is 169 g/mol. The Kier molecular flexibility index (Phi) is 1.43. The number of hydrogen-bond acceptors (Lipinski definition) is 3. The molecule has 2 rings (SSSR count). The Bertz CT molecular complexity index is 219. The molecule has 2 aliphatic rings. The van der Waals surface area contributed by atoms with Crippen molar-refractivity contribution in [3.05, 3.63) is 0 Å². The summed E-state index contributed by atoms with van der Waals surface area (Å²) in [6.45, 7) is 3.94. The third kappa shape index (κ3) is 0.866. The molecule has 0 aromatic heterocycles. The van der Waals surface area contributed by atoms with E-state index >= 15 is 0 Å². The Morgan fingerprint density at radius 3 is 2.08 bits per heavy atom. The molecule has 2 unspecified atom stereocenters. The van der Waals surface area contributed by atoms with Gasteiger partial charge in [0.1, 0.15) is 5.78 Å². The summed E-state index contributed by atoms with van der Waals surface area (Å²) >= 11 is 0. The summed E-state index contributed by atoms with van der Waals surface area (Å²) in [5.74, 6) is 0.294. The zero-order chi connectivity index (χ0) is 8.98. The minimum Gasteiger partial charge on any atom is -0.313 e. The lowest BCUT2D eigenvalue weighted by Crippen LogP contribution is -2.55. The molecule has 68 valence electrons. The zero-order valence-electron chi connectivity index (χ0n) is 7.63. The quantitative estimate of drug-likeness (QED) is 0.595. The smallest absolute Gasteiger partial charge is 0.136 e. The van der Waals surface area contributed by atoms with Crippen molar-refractivity contribution < 1.29 is 10.0 Å². The van der Waals surface area contributed by atoms with E-state index in [1.165, 1.54) is 5.06 Å². The van der Waals surface area contributed by atoms with Gasteiger partial charge in [0.15, 0.2) is 0 Å². The summed E-state index contributed by atoms with van der Waals surface area (Å²) in [4.78, 5) is 11.3. The summed E-state index contributed by atoms with van der Waals surface area (Å²) < 4.78 is 0. The van der Waals surface area contributed by atoms with Crippen LogP contribution in [0.3, 0.4) is 0 Å². The van der Waals surface area contributed by atoms with Crippen LogP contribution in [0.15, 0.2) is 0 Å². The topological polar surface area (TPSA) is 40.5 Å². The van der Waals surface area contributed by atoms with Gasteiger partial charge in [-0.05, 0) is 26.7 Å². The third-order valence-corrected chi connectivity index (χ3v) is 3.38. The predicted octanol–water partition coefficient (Wildman–Crippen LogP) is 1.35. The molecule has 0 radical (unpaired) electrons. The number of hydrogen-bond donors (Lipinski definition) is 1. The van der Waals surface area contributed by atoms with E-state index < -0.39 is 0 Å². The van der Waals surface area contributed by atoms with E-state index in [1.807, 2.05) is 13.8 Å². The SMILES string of the molecule is CC12CCC(C)(CC(=O)C1)N2O. The lowest BCUT2D eigenvalue weighted by molar-refractivity contribution is -0.217. The van der Waals surface area contributed by atoms with Gasteiger partial charge in [0, 0.05) is 12.8 Å². The monoisotopic (exact) mass is 169 g/mol. The normalized spacial score (nSPS) is 48.4. The maximum absolute atomic E-state index is 11.3. The highest BCUT2D eigenvalue weighted by molar-refractivity contribution is 5.82. The van der Waals surface area contributed by atoms with E-state index in [2.05, 4.69) is 0 Å². The van der Waals surface area contributed by atoms with Crippen molar-refractivity contribution in [3.8, 4) is 0 Å². The standard InChI is InChI=1S/C9H15NO2/c1-8-3-4-9(2,10(8)12)6-7(11)5-8/h12H,3-6H2,1-2H3. The van der Waals surface area contributed by atoms with Crippen LogP contribution in [0.5, 0.6) is 0 Å². The molecule has 2 saturated heterocycles. The van der Waals surface area contributed by atoms with Crippen LogP contribution in [0.4, 0.5) is 0 Å². The second kappa shape index (κ2) is 2.09. The zero-order valence-corrected chi connectivity index (χ0v) is 7.63. The fraction of sp³-hybridized carbons (Fsp3) is 0.889. The van der Waals surface area contributed by atoms with Crippen LogP contribution in [0.2, 0.25) is 0 Å². The van der Waals surface area contributed by atoms with Gasteiger partial charge in [-0.3, -0.25) is 4.79 Å². The molecule has 2 bridgehead atoms. The molecule has 3 nitrogen and oxygen atoms in total. The maximum Gasteiger partial charge on any atom is 0.136 e. The van der Waals surface area contributed by atoms with E-state index in [4.69, 9.17) is 0 Å². The van der Waals surface area contributed by atoms with Crippen LogP contribution >= 0.6 is 0 Å². The third-order valence-electron chi connectivity index (χ3n) is 3.38. The van der Waals surface area contributed by atoms with Gasteiger partial charge < -0.3 is 5.21 Å². The number of piperidine rings is 1. The first kappa shape index (κ1) is 8.20. The van der Waals surface area contributed by atoms with Crippen LogP contribution in [0.25, 0.3) is 0 Å². The molecule has 2 fully saturated rings. The van der Waals surface area contributed by atoms with Gasteiger partial charge in [-0.2, -0.15) is 5.06 Å². The Balaban J connectivity index is 2.36. The molecule has 0 saturated carbocycles. The molecule has 2 heterocycles. The van der Waals surface area contributed by atoms with Crippen LogP contribution in [-0.2, 0) is 4.79 Å². The fourth-order valence-electron chi connectivity index (χ4n) is 2.64. The number of ketones is 1. The van der Waals surface area contributed by atoms with Crippen molar-refractivity contribution in [1.29, 1.82) is 0 Å². The fourth-order valence-corrected chi connectivity index (χ4v) is 2.64. The lowest BCUT2D eigenvalue weighted by Gasteiger charge is -2.42. The highest BCUT2D eigenvalue weighted by Crippen LogP contribution is 2.47. The van der Waals surface area contributed by atoms with E-state index in [1.54, 1.807) is 0 Å². The first-order valence-corrected chi connectivity index (χ1v) is 4.47. The summed E-state index contributed by atoms with van der Waals surface area (Å²) in [6.07, 6.45) is 2.90. The van der Waals surface area contributed by atoms with Gasteiger partial charge in [-0.1, -0.05) is 0 Å². The Morgan fingerprint density at radius 1 is 1.25 bits per heavy atom. The molecule has 1 N–H and O–H groups in total. The molecule has 0 aromatic carbocycles. The van der Waals surface area contributed by atoms with Crippen molar-refractivity contribution >= 4 is 5.78 Å². The molecule has 2 aliphatic heterocycles. The van der Waals surface area contributed by atoms with Crippen molar-refractivity contribution in [2.24, 2.45) is 0 Å². The van der Waals surface area contributed by atoms with Crippen LogP contribution in [-0.4, -0.2) is 27.1 Å². The first-order chi connectivity index (χ1) is 5.46. The molecule has 3 heteroatoms. The molecule has 0 aromatic rings. The Morgan fingerprint density at radius 2 is 1.67 bits per heavy atom. The van der Waals surface area contributed by atoms with Gasteiger partial charge in [0.25, 0.3) is 0 Å². The number of rotatable bonds is 0. The summed E-state index contributed by atoms with van der Waals surface area (Å²) in [6, 6.07) is 0. The summed E-state index contributed by atoms with van der Waals surface area (Å²) in [7, 11) is 0. The van der Waals surface area contributed by atoms with E-state index in [-0.39, 0.29) is 11.1 Å². The lowest BCUT2D eigenvalue weighted by atomic mass is 9.87. The molecule has 0 aliphatic carbocycles. The van der Waals surface area contributed by atoms with E-state index in [9.17, 15) is 10.0 Å². The summed E-state index contributed by atoms with van der Waals surface area (Å²) in [5, 5.41) is 11.2. The van der Waals surface area contributed by atoms with Crippen molar-refractivity contribution in [1.82, 2.24) is 5.06 Å². The maximum atomic E-state index is 11.3. The minimum atomic E-state index is -0.274. The number of carbonyl (C=O) groups excluding carboxylic acids is 1. The van der Waals surface area contributed by atoms with Crippen LogP contribution in [0, 0.1) is 0 Å². The van der Waals surface area contributed by atoms with E-state index in [0.717, 1.165) is 12.8 Å². The molecular formula is C9H15NO2. The Labute approximate surface area is 72.3 Å². The molecule has 12 heavy (non-hydrogen) atoms. The van der Waals surface area contributed by atoms with Crippen molar-refractivity contribution in [2.45, 2.75) is 50.6 Å². The van der Waals surface area contributed by atoms with Gasteiger partial charge in [0.2, 0.25) is 0 Å². The number of nitrogens with zero attached hydrogens (tertiary/aromatic N) is 1. The first-order valence-electron chi connectivity index (χ1n) is 4.47. The van der Waals surface area contributed by atoms with Crippen molar-refractivity contribution in [2.75, 3.05) is 0 Å². The molecule has 0 spiro atoms. The van der Waals surface area contributed by atoms with Gasteiger partial charge in [0.05, 0.1) is 11.1 Å². The van der Waals surface area contributed by atoms with Crippen LogP contribution < -0.4 is 0 Å². The molecular weight excluding hydrogens is 154 g/mol. The highest BCUT2D eigenvalue weighted by Gasteiger charge is 2.55. The van der Waals surface area contributed by atoms with E-state index in [0.29, 0.717) is 18.6 Å². The van der Waals surface area contributed by atoms with Crippen molar-refractivity contribution in [3.63, 3.8) is 0 Å². The van der Waals surface area contributed by atoms with Gasteiger partial charge >= 0.3 is 0 Å². The predicted molar refractivity (Wildman–Crippen MR) is 43.9 cm³/mol. The second-order valence-corrected chi connectivity index (χ2v) is 4.70. The average Bonchev–Trinajstić information content (AvgIpc) is 2.16. The van der Waals surface area contributed by atoms with Gasteiger partial charge in [-0.15, -0.1) is 0 Å². The largest absolute Gasteiger partial charge is 0.313 e. The van der Waals surface area contributed by atoms with Crippen LogP contribution in [0.1, 0.15) is 39.5 Å². The number of carbonyl (C=O) groups is 1.